The fourth-order valence-electron chi connectivity index (χ4n) is 3.20. The SMILES string of the molecule is Cc1nsc(Cc2ccc(C#N)cn2)c1C(=O)Nc1ccc(CC(C)C(=O)OC(C)(C)C)nc1. The molecular formula is C25H27N5O3S. The molecule has 0 aliphatic carbocycles. The van der Waals surface area contributed by atoms with Gasteiger partial charge in [-0.1, -0.05) is 6.92 Å². The summed E-state index contributed by atoms with van der Waals surface area (Å²) in [7, 11) is 0. The average molecular weight is 478 g/mol. The Morgan fingerprint density at radius 3 is 2.44 bits per heavy atom. The van der Waals surface area contributed by atoms with Crippen molar-refractivity contribution in [1.82, 2.24) is 14.3 Å². The topological polar surface area (TPSA) is 118 Å². The lowest BCUT2D eigenvalue weighted by atomic mass is 10.0. The van der Waals surface area contributed by atoms with E-state index in [1.807, 2.05) is 33.8 Å². The number of carbonyl (C=O) groups excluding carboxylic acids is 2. The lowest BCUT2D eigenvalue weighted by Gasteiger charge is -2.22. The van der Waals surface area contributed by atoms with Gasteiger partial charge in [-0.25, -0.2) is 0 Å². The van der Waals surface area contributed by atoms with Crippen LogP contribution in [-0.4, -0.2) is 31.8 Å². The molecule has 0 saturated heterocycles. The molecular weight excluding hydrogens is 450 g/mol. The predicted molar refractivity (Wildman–Crippen MR) is 130 cm³/mol. The van der Waals surface area contributed by atoms with Crippen molar-refractivity contribution in [2.24, 2.45) is 5.92 Å². The van der Waals surface area contributed by atoms with Crippen molar-refractivity contribution in [2.45, 2.75) is 53.1 Å². The molecule has 9 heteroatoms. The van der Waals surface area contributed by atoms with Crippen LogP contribution in [0.15, 0.2) is 36.7 Å². The normalized spacial score (nSPS) is 12.0. The number of hydrogen-bond donors (Lipinski definition) is 1. The average Bonchev–Trinajstić information content (AvgIpc) is 3.14. The summed E-state index contributed by atoms with van der Waals surface area (Å²) >= 11 is 1.26. The van der Waals surface area contributed by atoms with E-state index in [0.29, 0.717) is 35.3 Å². The Morgan fingerprint density at radius 2 is 1.85 bits per heavy atom. The molecule has 3 heterocycles. The van der Waals surface area contributed by atoms with E-state index in [-0.39, 0.29) is 17.8 Å². The van der Waals surface area contributed by atoms with Crippen molar-refractivity contribution in [3.05, 3.63) is 69.7 Å². The van der Waals surface area contributed by atoms with Gasteiger partial charge in [0.25, 0.3) is 5.91 Å². The van der Waals surface area contributed by atoms with E-state index in [4.69, 9.17) is 10.00 Å². The van der Waals surface area contributed by atoms with Gasteiger partial charge >= 0.3 is 5.97 Å². The maximum Gasteiger partial charge on any atom is 0.309 e. The van der Waals surface area contributed by atoms with E-state index in [9.17, 15) is 9.59 Å². The first kappa shape index (κ1) is 25.0. The smallest absolute Gasteiger partial charge is 0.309 e. The van der Waals surface area contributed by atoms with Gasteiger partial charge in [0.05, 0.1) is 34.6 Å². The Kier molecular flexibility index (Phi) is 7.74. The van der Waals surface area contributed by atoms with E-state index in [2.05, 4.69) is 19.7 Å². The highest BCUT2D eigenvalue weighted by Crippen LogP contribution is 2.23. The summed E-state index contributed by atoms with van der Waals surface area (Å²) < 4.78 is 9.76. The van der Waals surface area contributed by atoms with Crippen molar-refractivity contribution in [3.63, 3.8) is 0 Å². The van der Waals surface area contributed by atoms with Gasteiger partial charge in [0.2, 0.25) is 0 Å². The highest BCUT2D eigenvalue weighted by atomic mass is 32.1. The predicted octanol–water partition coefficient (Wildman–Crippen LogP) is 4.48. The zero-order chi connectivity index (χ0) is 24.9. The van der Waals surface area contributed by atoms with Crippen molar-refractivity contribution >= 4 is 29.1 Å². The second-order valence-corrected chi connectivity index (χ2v) is 9.88. The first-order chi connectivity index (χ1) is 16.1. The van der Waals surface area contributed by atoms with E-state index in [1.165, 1.54) is 17.7 Å². The molecule has 0 fully saturated rings. The number of rotatable bonds is 7. The van der Waals surface area contributed by atoms with Gasteiger partial charge in [-0.15, -0.1) is 0 Å². The maximum atomic E-state index is 13.0. The van der Waals surface area contributed by atoms with Gasteiger partial charge in [0, 0.05) is 35.3 Å². The molecule has 3 aromatic heterocycles. The highest BCUT2D eigenvalue weighted by Gasteiger charge is 2.23. The van der Waals surface area contributed by atoms with Gasteiger partial charge in [-0.3, -0.25) is 19.6 Å². The molecule has 34 heavy (non-hydrogen) atoms. The van der Waals surface area contributed by atoms with Crippen molar-refractivity contribution in [3.8, 4) is 6.07 Å². The minimum absolute atomic E-state index is 0.267. The number of pyridine rings is 2. The number of ether oxygens (including phenoxy) is 1. The number of nitriles is 1. The van der Waals surface area contributed by atoms with Crippen molar-refractivity contribution in [1.29, 1.82) is 5.26 Å². The third kappa shape index (κ3) is 6.68. The van der Waals surface area contributed by atoms with Crippen LogP contribution in [-0.2, 0) is 22.4 Å². The van der Waals surface area contributed by atoms with Crippen LogP contribution in [0.4, 0.5) is 5.69 Å². The van der Waals surface area contributed by atoms with Crippen LogP contribution >= 0.6 is 11.5 Å². The first-order valence-corrected chi connectivity index (χ1v) is 11.6. The van der Waals surface area contributed by atoms with E-state index >= 15 is 0 Å². The standard InChI is InChI=1S/C25H27N5O3S/c1-15(24(32)33-25(3,4)5)10-18-8-9-20(14-28-18)29-23(31)22-16(2)30-34-21(22)11-19-7-6-17(12-26)13-27-19/h6-9,13-15H,10-11H2,1-5H3,(H,29,31). The third-order valence-electron chi connectivity index (χ3n) is 4.86. The fourth-order valence-corrected chi connectivity index (χ4v) is 4.08. The number of aryl methyl sites for hydroxylation is 1. The number of nitrogens with one attached hydrogen (secondary N) is 1. The number of carbonyl (C=O) groups is 2. The molecule has 1 amide bonds. The van der Waals surface area contributed by atoms with Crippen LogP contribution in [0.25, 0.3) is 0 Å². The Bertz CT molecular complexity index is 1210. The summed E-state index contributed by atoms with van der Waals surface area (Å²) in [4.78, 5) is 34.7. The summed E-state index contributed by atoms with van der Waals surface area (Å²) in [6.07, 6.45) is 3.98. The molecule has 0 saturated carbocycles. The molecule has 0 bridgehead atoms. The second kappa shape index (κ2) is 10.5. The van der Waals surface area contributed by atoms with E-state index < -0.39 is 5.60 Å². The largest absolute Gasteiger partial charge is 0.460 e. The molecule has 3 aromatic rings. The highest BCUT2D eigenvalue weighted by molar-refractivity contribution is 7.06. The maximum absolute atomic E-state index is 13.0. The second-order valence-electron chi connectivity index (χ2n) is 9.02. The molecule has 8 nitrogen and oxygen atoms in total. The third-order valence-corrected chi connectivity index (χ3v) is 5.80. The summed E-state index contributed by atoms with van der Waals surface area (Å²) in [6, 6.07) is 9.07. The van der Waals surface area contributed by atoms with Gasteiger partial charge < -0.3 is 10.1 Å². The lowest BCUT2D eigenvalue weighted by molar-refractivity contribution is -0.159. The summed E-state index contributed by atoms with van der Waals surface area (Å²) in [5.41, 5.74) is 3.14. The Hall–Kier alpha value is -3.64. The minimum atomic E-state index is -0.531. The monoisotopic (exact) mass is 477 g/mol. The quantitative estimate of drug-likeness (QED) is 0.499. The van der Waals surface area contributed by atoms with Crippen LogP contribution in [0.5, 0.6) is 0 Å². The van der Waals surface area contributed by atoms with Crippen LogP contribution in [0.2, 0.25) is 0 Å². The van der Waals surface area contributed by atoms with Crippen LogP contribution in [0.1, 0.15) is 65.6 Å². The number of anilines is 1. The molecule has 0 aromatic carbocycles. The Morgan fingerprint density at radius 1 is 1.15 bits per heavy atom. The molecule has 0 radical (unpaired) electrons. The molecule has 1 atom stereocenters. The van der Waals surface area contributed by atoms with Crippen LogP contribution in [0.3, 0.4) is 0 Å². The zero-order valence-corrected chi connectivity index (χ0v) is 20.7. The van der Waals surface area contributed by atoms with Gasteiger partial charge in [-0.05, 0) is 63.5 Å². The number of hydrogen-bond acceptors (Lipinski definition) is 8. The van der Waals surface area contributed by atoms with E-state index in [1.54, 1.807) is 37.4 Å². The van der Waals surface area contributed by atoms with Gasteiger partial charge in [0.15, 0.2) is 0 Å². The van der Waals surface area contributed by atoms with Gasteiger partial charge in [-0.2, -0.15) is 9.64 Å². The zero-order valence-electron chi connectivity index (χ0n) is 19.9. The van der Waals surface area contributed by atoms with Crippen molar-refractivity contribution < 1.29 is 14.3 Å². The lowest BCUT2D eigenvalue weighted by Crippen LogP contribution is -2.28. The summed E-state index contributed by atoms with van der Waals surface area (Å²) in [5, 5.41) is 11.8. The fraction of sp³-hybridized carbons (Fsp3) is 0.360. The summed E-state index contributed by atoms with van der Waals surface area (Å²) in [6.45, 7) is 9.11. The van der Waals surface area contributed by atoms with Crippen LogP contribution < -0.4 is 5.32 Å². The molecule has 176 valence electrons. The van der Waals surface area contributed by atoms with E-state index in [0.717, 1.165) is 16.3 Å². The summed E-state index contributed by atoms with van der Waals surface area (Å²) in [5.74, 6) is -0.868. The molecule has 3 rings (SSSR count). The molecule has 0 aliphatic heterocycles. The molecule has 0 spiro atoms. The van der Waals surface area contributed by atoms with Crippen LogP contribution in [0, 0.1) is 24.2 Å². The Labute approximate surface area is 203 Å². The number of nitrogens with zero attached hydrogens (tertiary/aromatic N) is 4. The molecule has 1 N–H and O–H groups in total. The van der Waals surface area contributed by atoms with Crippen molar-refractivity contribution in [2.75, 3.05) is 5.32 Å². The van der Waals surface area contributed by atoms with Gasteiger partial charge in [0.1, 0.15) is 11.7 Å². The number of esters is 1. The first-order valence-electron chi connectivity index (χ1n) is 10.8. The minimum Gasteiger partial charge on any atom is -0.460 e. The molecule has 0 aliphatic rings. The molecule has 1 unspecified atom stereocenters. The Balaban J connectivity index is 1.65. The number of aromatic nitrogens is 3. The number of amides is 1.